The number of carbonyl (C=O) groups is 1. The maximum Gasteiger partial charge on any atom is 0.317 e. The Balaban J connectivity index is 1.80. The highest BCUT2D eigenvalue weighted by Gasteiger charge is 2.46. The average molecular weight is 337 g/mol. The lowest BCUT2D eigenvalue weighted by Gasteiger charge is -2.28. The van der Waals surface area contributed by atoms with Crippen molar-refractivity contribution in [2.24, 2.45) is 0 Å². The molecule has 0 aromatic heterocycles. The number of hydrogen-bond donors (Lipinski definition) is 0. The van der Waals surface area contributed by atoms with Crippen molar-refractivity contribution >= 4 is 5.97 Å². The summed E-state index contributed by atoms with van der Waals surface area (Å²) in [5.41, 5.74) is 2.98. The van der Waals surface area contributed by atoms with Gasteiger partial charge in [-0.3, -0.25) is 4.79 Å². The van der Waals surface area contributed by atoms with Gasteiger partial charge in [-0.2, -0.15) is 0 Å². The van der Waals surface area contributed by atoms with E-state index < -0.39 is 5.41 Å². The largest absolute Gasteiger partial charge is 0.464 e. The van der Waals surface area contributed by atoms with E-state index in [1.807, 2.05) is 30.3 Å². The van der Waals surface area contributed by atoms with Crippen molar-refractivity contribution in [2.75, 3.05) is 26.2 Å². The fraction of sp³-hybridized carbons (Fsp3) is 0.409. The lowest BCUT2D eigenvalue weighted by molar-refractivity contribution is -0.150. The number of rotatable bonds is 7. The number of hydrogen-bond acceptors (Lipinski definition) is 3. The van der Waals surface area contributed by atoms with Gasteiger partial charge in [0.05, 0.1) is 0 Å². The molecule has 2 aromatic rings. The minimum atomic E-state index is -0.589. The summed E-state index contributed by atoms with van der Waals surface area (Å²) in [4.78, 5) is 15.4. The van der Waals surface area contributed by atoms with Crippen LogP contribution in [0, 0.1) is 0 Å². The highest BCUT2D eigenvalue weighted by atomic mass is 16.5. The summed E-state index contributed by atoms with van der Waals surface area (Å²) in [7, 11) is 0. The van der Waals surface area contributed by atoms with E-state index in [1.165, 1.54) is 11.1 Å². The van der Waals surface area contributed by atoms with Gasteiger partial charge in [-0.15, -0.1) is 0 Å². The summed E-state index contributed by atoms with van der Waals surface area (Å²) in [5, 5.41) is 0. The van der Waals surface area contributed by atoms with Gasteiger partial charge in [0.1, 0.15) is 12.0 Å². The maximum atomic E-state index is 13.2. The van der Waals surface area contributed by atoms with E-state index in [0.29, 0.717) is 6.61 Å². The molecular weight excluding hydrogens is 310 g/mol. The van der Waals surface area contributed by atoms with Crippen LogP contribution >= 0.6 is 0 Å². The van der Waals surface area contributed by atoms with E-state index in [9.17, 15) is 4.79 Å². The van der Waals surface area contributed by atoms with Crippen LogP contribution in [0.5, 0.6) is 0 Å². The summed E-state index contributed by atoms with van der Waals surface area (Å²) < 4.78 is 5.77. The molecule has 0 N–H and O–H groups in total. The maximum absolute atomic E-state index is 13.2. The van der Waals surface area contributed by atoms with E-state index in [1.54, 1.807) is 0 Å². The van der Waals surface area contributed by atoms with Gasteiger partial charge in [-0.1, -0.05) is 68.4 Å². The van der Waals surface area contributed by atoms with Crippen molar-refractivity contribution in [1.29, 1.82) is 0 Å². The van der Waals surface area contributed by atoms with Crippen molar-refractivity contribution in [3.8, 4) is 0 Å². The number of esters is 1. The molecule has 0 saturated carbocycles. The number of nitrogens with zero attached hydrogens (tertiary/aromatic N) is 1. The van der Waals surface area contributed by atoms with Crippen LogP contribution in [0.3, 0.4) is 0 Å². The van der Waals surface area contributed by atoms with Gasteiger partial charge in [0.2, 0.25) is 0 Å². The molecule has 1 aliphatic carbocycles. The molecule has 0 saturated heterocycles. The van der Waals surface area contributed by atoms with Gasteiger partial charge >= 0.3 is 5.97 Å². The van der Waals surface area contributed by atoms with Gasteiger partial charge in [-0.25, -0.2) is 0 Å². The summed E-state index contributed by atoms with van der Waals surface area (Å²) in [6, 6.07) is 18.5. The second-order valence-electron chi connectivity index (χ2n) is 6.73. The van der Waals surface area contributed by atoms with Crippen LogP contribution in [0.2, 0.25) is 0 Å². The Bertz CT molecular complexity index is 682. The van der Waals surface area contributed by atoms with Gasteiger partial charge in [0.25, 0.3) is 0 Å². The first-order chi connectivity index (χ1) is 12.2. The third-order valence-corrected chi connectivity index (χ3v) is 5.36. The number of fused-ring (bicyclic) bond motifs is 1. The molecule has 1 aliphatic rings. The molecule has 0 radical (unpaired) electrons. The standard InChI is InChI=1S/C22H27NO2/c1-3-23(4-2)14-15-25-21(24)22(20-12-6-5-7-13-20)16-18-10-8-9-11-19(18)17-22/h5-13H,3-4,14-17H2,1-2H3. The van der Waals surface area contributed by atoms with Crippen molar-refractivity contribution in [3.63, 3.8) is 0 Å². The monoisotopic (exact) mass is 337 g/mol. The second kappa shape index (κ2) is 7.83. The van der Waals surface area contributed by atoms with E-state index in [2.05, 4.69) is 43.0 Å². The average Bonchev–Trinajstić information content (AvgIpc) is 3.07. The van der Waals surface area contributed by atoms with Crippen LogP contribution < -0.4 is 0 Å². The summed E-state index contributed by atoms with van der Waals surface area (Å²) in [6.45, 7) is 7.45. The number of likely N-dealkylation sites (N-methyl/N-ethyl adjacent to an activating group) is 1. The van der Waals surface area contributed by atoms with Crippen LogP contribution in [0.25, 0.3) is 0 Å². The van der Waals surface area contributed by atoms with Crippen molar-refractivity contribution in [1.82, 2.24) is 4.90 Å². The Hall–Kier alpha value is -2.13. The molecule has 2 aromatic carbocycles. The van der Waals surface area contributed by atoms with Crippen LogP contribution in [-0.2, 0) is 27.8 Å². The van der Waals surface area contributed by atoms with E-state index in [0.717, 1.165) is 38.0 Å². The molecule has 0 atom stereocenters. The molecule has 0 bridgehead atoms. The van der Waals surface area contributed by atoms with Crippen molar-refractivity contribution < 1.29 is 9.53 Å². The van der Waals surface area contributed by atoms with Gasteiger partial charge in [0, 0.05) is 6.54 Å². The van der Waals surface area contributed by atoms with Crippen LogP contribution in [-0.4, -0.2) is 37.1 Å². The highest BCUT2D eigenvalue weighted by Crippen LogP contribution is 2.40. The molecule has 3 rings (SSSR count). The fourth-order valence-corrected chi connectivity index (χ4v) is 3.78. The topological polar surface area (TPSA) is 29.5 Å². The Kier molecular flexibility index (Phi) is 5.54. The fourth-order valence-electron chi connectivity index (χ4n) is 3.78. The predicted octanol–water partition coefficient (Wildman–Crippen LogP) is 3.61. The van der Waals surface area contributed by atoms with E-state index in [-0.39, 0.29) is 5.97 Å². The quantitative estimate of drug-likeness (QED) is 0.723. The molecule has 25 heavy (non-hydrogen) atoms. The minimum absolute atomic E-state index is 0.0953. The summed E-state index contributed by atoms with van der Waals surface area (Å²) in [5.74, 6) is -0.0953. The number of ether oxygens (including phenoxy) is 1. The van der Waals surface area contributed by atoms with Crippen LogP contribution in [0.1, 0.15) is 30.5 Å². The highest BCUT2D eigenvalue weighted by molar-refractivity contribution is 5.85. The number of benzene rings is 2. The zero-order valence-corrected chi connectivity index (χ0v) is 15.2. The first-order valence-electron chi connectivity index (χ1n) is 9.21. The molecule has 3 heteroatoms. The van der Waals surface area contributed by atoms with Crippen molar-refractivity contribution in [2.45, 2.75) is 32.1 Å². The second-order valence-corrected chi connectivity index (χ2v) is 6.73. The van der Waals surface area contributed by atoms with E-state index in [4.69, 9.17) is 4.74 Å². The Morgan fingerprint density at radius 2 is 1.52 bits per heavy atom. The van der Waals surface area contributed by atoms with Crippen LogP contribution in [0.15, 0.2) is 54.6 Å². The Morgan fingerprint density at radius 3 is 2.08 bits per heavy atom. The molecule has 0 fully saturated rings. The zero-order chi connectivity index (χ0) is 17.7. The Morgan fingerprint density at radius 1 is 0.960 bits per heavy atom. The molecule has 132 valence electrons. The first-order valence-corrected chi connectivity index (χ1v) is 9.21. The Labute approximate surface area is 150 Å². The molecular formula is C22H27NO2. The normalized spacial score (nSPS) is 15.2. The third-order valence-electron chi connectivity index (χ3n) is 5.36. The van der Waals surface area contributed by atoms with Gasteiger partial charge < -0.3 is 9.64 Å². The molecule has 0 amide bonds. The predicted molar refractivity (Wildman–Crippen MR) is 101 cm³/mol. The molecule has 0 aliphatic heterocycles. The summed E-state index contributed by atoms with van der Waals surface area (Å²) >= 11 is 0. The van der Waals surface area contributed by atoms with E-state index >= 15 is 0 Å². The van der Waals surface area contributed by atoms with Crippen LogP contribution in [0.4, 0.5) is 0 Å². The zero-order valence-electron chi connectivity index (χ0n) is 15.2. The first kappa shape index (κ1) is 17.7. The lowest BCUT2D eigenvalue weighted by Crippen LogP contribution is -2.40. The summed E-state index contributed by atoms with van der Waals surface area (Å²) in [6.07, 6.45) is 1.44. The molecule has 0 unspecified atom stereocenters. The van der Waals surface area contributed by atoms with Gasteiger partial charge in [0.15, 0.2) is 0 Å². The van der Waals surface area contributed by atoms with Gasteiger partial charge in [-0.05, 0) is 42.6 Å². The smallest absolute Gasteiger partial charge is 0.317 e. The molecule has 0 heterocycles. The molecule has 3 nitrogen and oxygen atoms in total. The minimum Gasteiger partial charge on any atom is -0.464 e. The third kappa shape index (κ3) is 3.62. The molecule has 0 spiro atoms. The SMILES string of the molecule is CCN(CC)CCOC(=O)C1(c2ccccc2)Cc2ccccc2C1. The number of carbonyl (C=O) groups excluding carboxylic acids is 1. The lowest BCUT2D eigenvalue weighted by atomic mass is 9.78. The van der Waals surface area contributed by atoms with Crippen molar-refractivity contribution in [3.05, 3.63) is 71.3 Å².